The normalized spacial score (nSPS) is 18.4. The van der Waals surface area contributed by atoms with Gasteiger partial charge < -0.3 is 21.5 Å². The molecule has 0 unspecified atom stereocenters. The number of carbonyl (C=O) groups is 3. The average molecular weight is 498 g/mol. The van der Waals surface area contributed by atoms with Crippen LogP contribution in [0.25, 0.3) is 0 Å². The first-order valence-electron chi connectivity index (χ1n) is 11.8. The van der Waals surface area contributed by atoms with Gasteiger partial charge >= 0.3 is 5.97 Å². The fraction of sp³-hybridized carbons (Fsp3) is 0.385. The first kappa shape index (κ1) is 26.8. The number of amides is 2. The Balaban J connectivity index is 1.56. The lowest BCUT2D eigenvalue weighted by Crippen LogP contribution is -2.51. The van der Waals surface area contributed by atoms with E-state index < -0.39 is 18.1 Å². The standard InChI is InChI=1S/C26H32FN5O4/c1-16(25(35)30-14-18-2-6-20(7-3-18)24(28)29)31-26(36)22-13-19(15-32(22)11-10-23(33)34)12-17-4-8-21(27)9-5-17/h2-9,16,19,22H,10-15H2,1H3,(H3,28,29)(H,30,35)(H,31,36)(H,33,34)/t16-,19-,22+/m0/s1. The molecule has 0 bridgehead atoms. The van der Waals surface area contributed by atoms with Crippen molar-refractivity contribution in [2.24, 2.45) is 11.7 Å². The highest BCUT2D eigenvalue weighted by Gasteiger charge is 2.37. The number of nitrogen functional groups attached to an aromatic ring is 1. The molecule has 0 radical (unpaired) electrons. The van der Waals surface area contributed by atoms with Gasteiger partial charge in [0.25, 0.3) is 0 Å². The molecule has 6 N–H and O–H groups in total. The van der Waals surface area contributed by atoms with E-state index in [1.807, 2.05) is 4.90 Å². The molecule has 0 saturated carbocycles. The Labute approximate surface area is 209 Å². The summed E-state index contributed by atoms with van der Waals surface area (Å²) in [5.41, 5.74) is 7.81. The fourth-order valence-corrected chi connectivity index (χ4v) is 4.38. The van der Waals surface area contributed by atoms with Gasteiger partial charge in [0, 0.05) is 25.2 Å². The number of hydrogen-bond donors (Lipinski definition) is 5. The zero-order chi connectivity index (χ0) is 26.2. The van der Waals surface area contributed by atoms with Crippen molar-refractivity contribution in [1.82, 2.24) is 15.5 Å². The Morgan fingerprint density at radius 3 is 2.39 bits per heavy atom. The molecule has 2 aromatic carbocycles. The molecule has 3 atom stereocenters. The maximum absolute atomic E-state index is 13.2. The highest BCUT2D eigenvalue weighted by molar-refractivity contribution is 5.95. The molecule has 1 saturated heterocycles. The number of carbonyl (C=O) groups excluding carboxylic acids is 2. The number of halogens is 1. The van der Waals surface area contributed by atoms with Crippen LogP contribution in [0.3, 0.4) is 0 Å². The number of likely N-dealkylation sites (tertiary alicyclic amines) is 1. The third-order valence-corrected chi connectivity index (χ3v) is 6.33. The summed E-state index contributed by atoms with van der Waals surface area (Å²) in [6, 6.07) is 11.8. The SMILES string of the molecule is C[C@H](NC(=O)[C@H]1C[C@H](Cc2ccc(F)cc2)CN1CCC(=O)O)C(=O)NCc1ccc(C(=N)N)cc1. The van der Waals surface area contributed by atoms with Crippen LogP contribution in [0.2, 0.25) is 0 Å². The third kappa shape index (κ3) is 7.61. The molecule has 2 aromatic rings. The van der Waals surface area contributed by atoms with Crippen LogP contribution >= 0.6 is 0 Å². The topological polar surface area (TPSA) is 149 Å². The molecule has 3 rings (SSSR count). The summed E-state index contributed by atoms with van der Waals surface area (Å²) >= 11 is 0. The number of rotatable bonds is 11. The van der Waals surface area contributed by atoms with Crippen molar-refractivity contribution < 1.29 is 23.9 Å². The second-order valence-electron chi connectivity index (χ2n) is 9.15. The van der Waals surface area contributed by atoms with Crippen LogP contribution in [0.1, 0.15) is 36.5 Å². The highest BCUT2D eigenvalue weighted by atomic mass is 19.1. The number of carboxylic acids is 1. The minimum Gasteiger partial charge on any atom is -0.481 e. The van der Waals surface area contributed by atoms with E-state index in [-0.39, 0.29) is 48.9 Å². The number of amidine groups is 1. The maximum Gasteiger partial charge on any atom is 0.304 e. The van der Waals surface area contributed by atoms with Crippen LogP contribution in [0, 0.1) is 17.1 Å². The van der Waals surface area contributed by atoms with Crippen LogP contribution < -0.4 is 16.4 Å². The van der Waals surface area contributed by atoms with Gasteiger partial charge in [-0.2, -0.15) is 0 Å². The fourth-order valence-electron chi connectivity index (χ4n) is 4.38. The van der Waals surface area contributed by atoms with Crippen molar-refractivity contribution in [3.8, 4) is 0 Å². The Kier molecular flexibility index (Phi) is 9.13. The van der Waals surface area contributed by atoms with E-state index in [4.69, 9.17) is 16.2 Å². The lowest BCUT2D eigenvalue weighted by Gasteiger charge is -2.24. The van der Waals surface area contributed by atoms with Gasteiger partial charge in [-0.25, -0.2) is 4.39 Å². The number of hydrogen-bond acceptors (Lipinski definition) is 5. The second-order valence-corrected chi connectivity index (χ2v) is 9.15. The predicted molar refractivity (Wildman–Crippen MR) is 133 cm³/mol. The Morgan fingerprint density at radius 1 is 1.14 bits per heavy atom. The average Bonchev–Trinajstić information content (AvgIpc) is 3.25. The monoisotopic (exact) mass is 497 g/mol. The van der Waals surface area contributed by atoms with Gasteiger partial charge in [0.15, 0.2) is 0 Å². The van der Waals surface area contributed by atoms with Crippen molar-refractivity contribution in [3.63, 3.8) is 0 Å². The molecular weight excluding hydrogens is 465 g/mol. The number of nitrogens with one attached hydrogen (secondary N) is 3. The Bertz CT molecular complexity index is 1090. The van der Waals surface area contributed by atoms with Crippen LogP contribution in [0.4, 0.5) is 4.39 Å². The van der Waals surface area contributed by atoms with Crippen LogP contribution in [0.5, 0.6) is 0 Å². The Morgan fingerprint density at radius 2 is 1.78 bits per heavy atom. The van der Waals surface area contributed by atoms with Crippen molar-refractivity contribution in [2.45, 2.75) is 44.8 Å². The molecule has 1 aliphatic heterocycles. The number of aliphatic carboxylic acids is 1. The van der Waals surface area contributed by atoms with Gasteiger partial charge in [0.05, 0.1) is 12.5 Å². The quantitative estimate of drug-likeness (QED) is 0.235. The summed E-state index contributed by atoms with van der Waals surface area (Å²) < 4.78 is 13.2. The lowest BCUT2D eigenvalue weighted by molar-refractivity contribution is -0.138. The molecular formula is C26H32FN5O4. The second kappa shape index (κ2) is 12.3. The lowest BCUT2D eigenvalue weighted by atomic mass is 9.96. The summed E-state index contributed by atoms with van der Waals surface area (Å²) in [4.78, 5) is 38.6. The molecule has 192 valence electrons. The van der Waals surface area contributed by atoms with E-state index in [1.54, 1.807) is 43.3 Å². The zero-order valence-electron chi connectivity index (χ0n) is 20.2. The molecule has 10 heteroatoms. The molecule has 2 amide bonds. The van der Waals surface area contributed by atoms with Gasteiger partial charge in [-0.1, -0.05) is 36.4 Å². The number of carboxylic acid groups (broad SMARTS) is 1. The van der Waals surface area contributed by atoms with Gasteiger partial charge in [-0.15, -0.1) is 0 Å². The predicted octanol–water partition coefficient (Wildman–Crippen LogP) is 1.64. The van der Waals surface area contributed by atoms with E-state index in [1.165, 1.54) is 12.1 Å². The zero-order valence-corrected chi connectivity index (χ0v) is 20.2. The molecule has 0 spiro atoms. The minimum absolute atomic E-state index is 0.0360. The van der Waals surface area contributed by atoms with E-state index in [2.05, 4.69) is 10.6 Å². The van der Waals surface area contributed by atoms with E-state index in [9.17, 15) is 18.8 Å². The molecule has 1 aliphatic rings. The molecule has 9 nitrogen and oxygen atoms in total. The van der Waals surface area contributed by atoms with E-state index in [0.717, 1.165) is 11.1 Å². The largest absolute Gasteiger partial charge is 0.481 e. The third-order valence-electron chi connectivity index (χ3n) is 6.33. The molecule has 36 heavy (non-hydrogen) atoms. The summed E-state index contributed by atoms with van der Waals surface area (Å²) in [6.45, 7) is 2.62. The van der Waals surface area contributed by atoms with Crippen molar-refractivity contribution in [2.75, 3.05) is 13.1 Å². The summed E-state index contributed by atoms with van der Waals surface area (Å²) in [6.07, 6.45) is 1.07. The number of nitrogens with zero attached hydrogens (tertiary/aromatic N) is 1. The Hall–Kier alpha value is -3.79. The van der Waals surface area contributed by atoms with Crippen molar-refractivity contribution in [3.05, 3.63) is 71.0 Å². The molecule has 0 aromatic heterocycles. The maximum atomic E-state index is 13.2. The van der Waals surface area contributed by atoms with Gasteiger partial charge in [0.2, 0.25) is 11.8 Å². The number of benzene rings is 2. The first-order chi connectivity index (χ1) is 17.1. The van der Waals surface area contributed by atoms with Gasteiger partial charge in [-0.05, 0) is 48.9 Å². The summed E-state index contributed by atoms with van der Waals surface area (Å²) in [7, 11) is 0. The first-order valence-corrected chi connectivity index (χ1v) is 11.8. The van der Waals surface area contributed by atoms with Crippen LogP contribution in [-0.2, 0) is 27.3 Å². The number of nitrogens with two attached hydrogens (primary N) is 1. The van der Waals surface area contributed by atoms with Gasteiger partial charge in [0.1, 0.15) is 17.7 Å². The molecule has 0 aliphatic carbocycles. The smallest absolute Gasteiger partial charge is 0.304 e. The van der Waals surface area contributed by atoms with Crippen molar-refractivity contribution in [1.29, 1.82) is 5.41 Å². The van der Waals surface area contributed by atoms with Crippen LogP contribution in [0.15, 0.2) is 48.5 Å². The van der Waals surface area contributed by atoms with E-state index in [0.29, 0.717) is 24.9 Å². The van der Waals surface area contributed by atoms with Crippen molar-refractivity contribution >= 4 is 23.6 Å². The van der Waals surface area contributed by atoms with Crippen LogP contribution in [-0.4, -0.2) is 58.8 Å². The minimum atomic E-state index is -0.944. The highest BCUT2D eigenvalue weighted by Crippen LogP contribution is 2.27. The molecule has 1 heterocycles. The summed E-state index contributed by atoms with van der Waals surface area (Å²) in [5, 5.41) is 22.1. The summed E-state index contributed by atoms with van der Waals surface area (Å²) in [5.74, 6) is -1.87. The van der Waals surface area contributed by atoms with Gasteiger partial charge in [-0.3, -0.25) is 24.7 Å². The molecule has 1 fully saturated rings. The van der Waals surface area contributed by atoms with E-state index >= 15 is 0 Å².